The number of carbonyl (C=O) groups is 2. The van der Waals surface area contributed by atoms with Crippen LogP contribution in [0.5, 0.6) is 0 Å². The van der Waals surface area contributed by atoms with Crippen molar-refractivity contribution >= 4 is 17.6 Å². The molecule has 0 fully saturated rings. The Balaban J connectivity index is 2.18. The molecule has 4 nitrogen and oxygen atoms in total. The zero-order valence-electron chi connectivity index (χ0n) is 11.7. The largest absolute Gasteiger partial charge is 0.481 e. The molecule has 1 amide bonds. The van der Waals surface area contributed by atoms with Crippen LogP contribution in [0.25, 0.3) is 0 Å². The predicted molar refractivity (Wildman–Crippen MR) is 77.2 cm³/mol. The summed E-state index contributed by atoms with van der Waals surface area (Å²) in [7, 11) is 0. The lowest BCUT2D eigenvalue weighted by atomic mass is 10.1. The highest BCUT2D eigenvalue weighted by molar-refractivity contribution is 6.04. The first-order valence-electron chi connectivity index (χ1n) is 6.55. The molecule has 2 aromatic rings. The molecule has 7 heteroatoms. The number of carboxylic acid groups (broad SMARTS) is 1. The maximum atomic E-state index is 12.6. The maximum Gasteiger partial charge on any atom is 0.416 e. The number of hydrogen-bond acceptors (Lipinski definition) is 2. The molecular formula is C16H12F3NO3. The van der Waals surface area contributed by atoms with Gasteiger partial charge in [-0.3, -0.25) is 9.59 Å². The highest BCUT2D eigenvalue weighted by atomic mass is 19.4. The number of rotatable bonds is 4. The summed E-state index contributed by atoms with van der Waals surface area (Å²) in [5, 5.41) is 11.2. The SMILES string of the molecule is O=C(O)Cc1cccc(NC(=O)c2cccc(C(F)(F)F)c2)c1. The number of amides is 1. The summed E-state index contributed by atoms with van der Waals surface area (Å²) in [4.78, 5) is 22.7. The van der Waals surface area contributed by atoms with Crippen LogP contribution < -0.4 is 5.32 Å². The van der Waals surface area contributed by atoms with E-state index in [1.165, 1.54) is 18.2 Å². The summed E-state index contributed by atoms with van der Waals surface area (Å²) in [5.74, 6) is -1.73. The van der Waals surface area contributed by atoms with Gasteiger partial charge in [-0.2, -0.15) is 13.2 Å². The van der Waals surface area contributed by atoms with Crippen molar-refractivity contribution in [2.45, 2.75) is 12.6 Å². The van der Waals surface area contributed by atoms with Crippen LogP contribution in [0.15, 0.2) is 48.5 Å². The molecule has 0 radical (unpaired) electrons. The number of carboxylic acids is 1. The molecule has 0 heterocycles. The quantitative estimate of drug-likeness (QED) is 0.904. The molecule has 0 aliphatic rings. The van der Waals surface area contributed by atoms with Gasteiger partial charge in [-0.15, -0.1) is 0 Å². The molecule has 0 saturated carbocycles. The van der Waals surface area contributed by atoms with E-state index in [-0.39, 0.29) is 12.0 Å². The Morgan fingerprint density at radius 2 is 1.74 bits per heavy atom. The van der Waals surface area contributed by atoms with E-state index in [2.05, 4.69) is 5.32 Å². The summed E-state index contributed by atoms with van der Waals surface area (Å²) in [6, 6.07) is 10.2. The maximum absolute atomic E-state index is 12.6. The normalized spacial score (nSPS) is 11.1. The van der Waals surface area contributed by atoms with Crippen LogP contribution in [0.3, 0.4) is 0 Å². The van der Waals surface area contributed by atoms with E-state index in [0.29, 0.717) is 11.3 Å². The van der Waals surface area contributed by atoms with Crippen molar-refractivity contribution in [3.8, 4) is 0 Å². The van der Waals surface area contributed by atoms with Gasteiger partial charge in [0, 0.05) is 11.3 Å². The van der Waals surface area contributed by atoms with Crippen LogP contribution in [0.2, 0.25) is 0 Å². The van der Waals surface area contributed by atoms with Crippen LogP contribution >= 0.6 is 0 Å². The van der Waals surface area contributed by atoms with E-state index in [0.717, 1.165) is 18.2 Å². The summed E-state index contributed by atoms with van der Waals surface area (Å²) in [6.45, 7) is 0. The Bertz CT molecular complexity index is 741. The van der Waals surface area contributed by atoms with Crippen molar-refractivity contribution in [1.82, 2.24) is 0 Å². The smallest absolute Gasteiger partial charge is 0.416 e. The average molecular weight is 323 g/mol. The van der Waals surface area contributed by atoms with Gasteiger partial charge in [0.15, 0.2) is 0 Å². The third-order valence-electron chi connectivity index (χ3n) is 2.99. The second-order valence-corrected chi connectivity index (χ2v) is 4.80. The molecule has 0 bridgehead atoms. The van der Waals surface area contributed by atoms with E-state index in [1.54, 1.807) is 12.1 Å². The lowest BCUT2D eigenvalue weighted by molar-refractivity contribution is -0.138. The fraction of sp³-hybridized carbons (Fsp3) is 0.125. The average Bonchev–Trinajstić information content (AvgIpc) is 2.46. The van der Waals surface area contributed by atoms with Crippen molar-refractivity contribution < 1.29 is 27.9 Å². The monoisotopic (exact) mass is 323 g/mol. The minimum absolute atomic E-state index is 0.136. The summed E-state index contributed by atoms with van der Waals surface area (Å²) >= 11 is 0. The molecule has 0 aromatic heterocycles. The van der Waals surface area contributed by atoms with Gasteiger partial charge in [-0.25, -0.2) is 0 Å². The highest BCUT2D eigenvalue weighted by Gasteiger charge is 2.30. The van der Waals surface area contributed by atoms with Crippen LogP contribution in [-0.2, 0) is 17.4 Å². The number of anilines is 1. The number of hydrogen-bond donors (Lipinski definition) is 2. The van der Waals surface area contributed by atoms with Crippen LogP contribution in [0, 0.1) is 0 Å². The molecule has 0 aliphatic heterocycles. The minimum atomic E-state index is -4.53. The van der Waals surface area contributed by atoms with E-state index in [1.807, 2.05) is 0 Å². The highest BCUT2D eigenvalue weighted by Crippen LogP contribution is 2.29. The fourth-order valence-corrected chi connectivity index (χ4v) is 1.97. The molecule has 2 N–H and O–H groups in total. The zero-order valence-corrected chi connectivity index (χ0v) is 11.7. The summed E-state index contributed by atoms with van der Waals surface area (Å²) in [5.41, 5.74) is -0.265. The molecule has 0 unspecified atom stereocenters. The van der Waals surface area contributed by atoms with Gasteiger partial charge in [0.25, 0.3) is 5.91 Å². The molecule has 2 rings (SSSR count). The molecule has 0 atom stereocenters. The molecule has 120 valence electrons. The van der Waals surface area contributed by atoms with Crippen LogP contribution in [-0.4, -0.2) is 17.0 Å². The Labute approximate surface area is 129 Å². The third kappa shape index (κ3) is 4.57. The fourth-order valence-electron chi connectivity index (χ4n) is 1.97. The van der Waals surface area contributed by atoms with Gasteiger partial charge in [0.2, 0.25) is 0 Å². The molecule has 0 aliphatic carbocycles. The third-order valence-corrected chi connectivity index (χ3v) is 2.99. The van der Waals surface area contributed by atoms with Crippen molar-refractivity contribution in [1.29, 1.82) is 0 Å². The van der Waals surface area contributed by atoms with Gasteiger partial charge >= 0.3 is 12.1 Å². The molecule has 23 heavy (non-hydrogen) atoms. The first-order chi connectivity index (χ1) is 10.8. The van der Waals surface area contributed by atoms with E-state index in [9.17, 15) is 22.8 Å². The summed E-state index contributed by atoms with van der Waals surface area (Å²) < 4.78 is 37.9. The van der Waals surface area contributed by atoms with Gasteiger partial charge in [0.1, 0.15) is 0 Å². The Morgan fingerprint density at radius 1 is 1.04 bits per heavy atom. The first kappa shape index (κ1) is 16.5. The Morgan fingerprint density at radius 3 is 2.39 bits per heavy atom. The lowest BCUT2D eigenvalue weighted by Gasteiger charge is -2.10. The first-order valence-corrected chi connectivity index (χ1v) is 6.55. The minimum Gasteiger partial charge on any atom is -0.481 e. The Hall–Kier alpha value is -2.83. The standard InChI is InChI=1S/C16H12F3NO3/c17-16(18,19)12-5-2-4-11(9-12)15(23)20-13-6-1-3-10(7-13)8-14(21)22/h1-7,9H,8H2,(H,20,23)(H,21,22). The van der Waals surface area contributed by atoms with Crippen LogP contribution in [0.1, 0.15) is 21.5 Å². The van der Waals surface area contributed by atoms with Gasteiger partial charge in [0.05, 0.1) is 12.0 Å². The number of halogens is 3. The van der Waals surface area contributed by atoms with Crippen molar-refractivity contribution in [3.05, 3.63) is 65.2 Å². The number of benzene rings is 2. The van der Waals surface area contributed by atoms with E-state index in [4.69, 9.17) is 5.11 Å². The second-order valence-electron chi connectivity index (χ2n) is 4.80. The van der Waals surface area contributed by atoms with E-state index >= 15 is 0 Å². The van der Waals surface area contributed by atoms with Crippen molar-refractivity contribution in [2.75, 3.05) is 5.32 Å². The number of nitrogens with one attached hydrogen (secondary N) is 1. The van der Waals surface area contributed by atoms with Gasteiger partial charge < -0.3 is 10.4 Å². The number of aliphatic carboxylic acids is 1. The number of alkyl halides is 3. The lowest BCUT2D eigenvalue weighted by Crippen LogP contribution is -2.14. The predicted octanol–water partition coefficient (Wildman–Crippen LogP) is 3.58. The van der Waals surface area contributed by atoms with Crippen molar-refractivity contribution in [3.63, 3.8) is 0 Å². The van der Waals surface area contributed by atoms with Gasteiger partial charge in [-0.1, -0.05) is 18.2 Å². The number of carbonyl (C=O) groups excluding carboxylic acids is 1. The summed E-state index contributed by atoms with van der Waals surface area (Å²) in [6.07, 6.45) is -4.75. The molecule has 0 spiro atoms. The molecule has 0 saturated heterocycles. The second kappa shape index (κ2) is 6.51. The Kier molecular flexibility index (Phi) is 4.68. The molecular weight excluding hydrogens is 311 g/mol. The van der Waals surface area contributed by atoms with E-state index < -0.39 is 23.6 Å². The topological polar surface area (TPSA) is 66.4 Å². The van der Waals surface area contributed by atoms with Crippen LogP contribution in [0.4, 0.5) is 18.9 Å². The molecule has 2 aromatic carbocycles. The zero-order chi connectivity index (χ0) is 17.0. The van der Waals surface area contributed by atoms with Gasteiger partial charge in [-0.05, 0) is 35.9 Å². The van der Waals surface area contributed by atoms with Crippen molar-refractivity contribution in [2.24, 2.45) is 0 Å².